The molecule has 2 amide bonds. The molecule has 148 valence electrons. The van der Waals surface area contributed by atoms with Crippen LogP contribution in [0.25, 0.3) is 0 Å². The number of anilines is 1. The lowest BCUT2D eigenvalue weighted by molar-refractivity contribution is -0.274. The monoisotopic (exact) mass is 396 g/mol. The number of hydrogen-bond donors (Lipinski definition) is 2. The van der Waals surface area contributed by atoms with Gasteiger partial charge in [0.1, 0.15) is 5.75 Å². The number of nitrogens with one attached hydrogen (secondary N) is 2. The Hall–Kier alpha value is -3.56. The van der Waals surface area contributed by atoms with E-state index in [-0.39, 0.29) is 11.5 Å². The molecule has 0 aliphatic carbocycles. The number of carbonyl (C=O) groups is 3. The largest absolute Gasteiger partial charge is 0.573 e. The minimum atomic E-state index is -4.83. The average Bonchev–Trinajstić information content (AvgIpc) is 2.65. The van der Waals surface area contributed by atoms with Crippen molar-refractivity contribution < 1.29 is 37.0 Å². The highest BCUT2D eigenvalue weighted by atomic mass is 19.4. The second kappa shape index (κ2) is 8.89. The summed E-state index contributed by atoms with van der Waals surface area (Å²) in [6.45, 7) is -0.600. The van der Waals surface area contributed by atoms with Crippen LogP contribution in [0.5, 0.6) is 5.75 Å². The molecule has 0 radical (unpaired) electrons. The van der Waals surface area contributed by atoms with E-state index in [2.05, 4.69) is 15.4 Å². The van der Waals surface area contributed by atoms with Crippen molar-refractivity contribution in [2.75, 3.05) is 19.0 Å². The fraction of sp³-hybridized carbons (Fsp3) is 0.167. The molecule has 0 bridgehead atoms. The van der Waals surface area contributed by atoms with E-state index in [0.717, 1.165) is 24.3 Å². The van der Waals surface area contributed by atoms with Gasteiger partial charge >= 0.3 is 12.3 Å². The Morgan fingerprint density at radius 2 is 1.50 bits per heavy atom. The maximum Gasteiger partial charge on any atom is 0.573 e. The molecule has 0 saturated carbocycles. The number of carbonyl (C=O) groups excluding carboxylic acids is 3. The van der Waals surface area contributed by atoms with E-state index in [1.165, 1.54) is 31.3 Å². The van der Waals surface area contributed by atoms with Crippen molar-refractivity contribution >= 4 is 23.5 Å². The van der Waals surface area contributed by atoms with Gasteiger partial charge in [0.05, 0.1) is 5.56 Å². The smallest absolute Gasteiger partial charge is 0.452 e. The lowest BCUT2D eigenvalue weighted by Gasteiger charge is -2.09. The van der Waals surface area contributed by atoms with Gasteiger partial charge in [0.25, 0.3) is 11.8 Å². The zero-order chi connectivity index (χ0) is 20.7. The van der Waals surface area contributed by atoms with Gasteiger partial charge in [-0.05, 0) is 48.5 Å². The third-order valence-corrected chi connectivity index (χ3v) is 3.32. The van der Waals surface area contributed by atoms with Crippen LogP contribution in [-0.2, 0) is 9.53 Å². The third-order valence-electron chi connectivity index (χ3n) is 3.32. The van der Waals surface area contributed by atoms with Crippen LogP contribution in [0, 0.1) is 0 Å². The van der Waals surface area contributed by atoms with Gasteiger partial charge < -0.3 is 20.1 Å². The third kappa shape index (κ3) is 6.31. The van der Waals surface area contributed by atoms with Gasteiger partial charge in [-0.3, -0.25) is 9.59 Å². The summed E-state index contributed by atoms with van der Waals surface area (Å²) < 4.78 is 44.8. The molecule has 2 aromatic carbocycles. The molecule has 0 aromatic heterocycles. The van der Waals surface area contributed by atoms with Crippen molar-refractivity contribution in [2.45, 2.75) is 6.36 Å². The maximum atomic E-state index is 12.1. The molecule has 0 atom stereocenters. The Balaban J connectivity index is 1.85. The Morgan fingerprint density at radius 3 is 2.04 bits per heavy atom. The molecule has 7 nitrogen and oxygen atoms in total. The number of hydrogen-bond acceptors (Lipinski definition) is 5. The van der Waals surface area contributed by atoms with Crippen LogP contribution >= 0.6 is 0 Å². The molecular weight excluding hydrogens is 381 g/mol. The summed E-state index contributed by atoms with van der Waals surface area (Å²) in [5.41, 5.74) is 0.754. The van der Waals surface area contributed by atoms with Gasteiger partial charge in [0.15, 0.2) is 6.61 Å². The zero-order valence-corrected chi connectivity index (χ0v) is 14.5. The second-order valence-electron chi connectivity index (χ2n) is 5.35. The highest BCUT2D eigenvalue weighted by molar-refractivity contribution is 5.97. The fourth-order valence-electron chi connectivity index (χ4n) is 2.05. The summed E-state index contributed by atoms with van der Waals surface area (Å²) in [6, 6.07) is 10.1. The van der Waals surface area contributed by atoms with Crippen molar-refractivity contribution in [2.24, 2.45) is 0 Å². The molecule has 0 aliphatic heterocycles. The number of esters is 1. The predicted molar refractivity (Wildman–Crippen MR) is 91.9 cm³/mol. The van der Waals surface area contributed by atoms with Crippen molar-refractivity contribution in [3.05, 3.63) is 59.7 Å². The zero-order valence-electron chi connectivity index (χ0n) is 14.5. The summed E-state index contributed by atoms with van der Waals surface area (Å²) in [5.74, 6) is -2.28. The van der Waals surface area contributed by atoms with Crippen molar-refractivity contribution in [1.82, 2.24) is 5.32 Å². The van der Waals surface area contributed by atoms with Crippen molar-refractivity contribution in [3.8, 4) is 5.75 Å². The lowest BCUT2D eigenvalue weighted by Crippen LogP contribution is -2.21. The standard InChI is InChI=1S/C18H15F3N2O5/c1-22-16(25)11-2-6-13(7-3-11)23-15(24)10-27-17(26)12-4-8-14(9-5-12)28-18(19,20)21/h2-9H,10H2,1H3,(H,22,25)(H,23,24). The van der Waals surface area contributed by atoms with Crippen LogP contribution in [0.4, 0.5) is 18.9 Å². The molecule has 10 heteroatoms. The lowest BCUT2D eigenvalue weighted by atomic mass is 10.2. The van der Waals surface area contributed by atoms with Crippen molar-refractivity contribution in [3.63, 3.8) is 0 Å². The Kier molecular flexibility index (Phi) is 6.59. The number of rotatable bonds is 6. The summed E-state index contributed by atoms with van der Waals surface area (Å²) in [5, 5.41) is 4.93. The van der Waals surface area contributed by atoms with Crippen LogP contribution in [-0.4, -0.2) is 37.8 Å². The Morgan fingerprint density at radius 1 is 0.929 bits per heavy atom. The molecule has 28 heavy (non-hydrogen) atoms. The number of halogens is 3. The first-order valence-corrected chi connectivity index (χ1v) is 7.83. The summed E-state index contributed by atoms with van der Waals surface area (Å²) in [7, 11) is 1.49. The van der Waals surface area contributed by atoms with E-state index >= 15 is 0 Å². The quantitative estimate of drug-likeness (QED) is 0.733. The van der Waals surface area contributed by atoms with E-state index in [0.29, 0.717) is 11.3 Å². The van der Waals surface area contributed by atoms with Gasteiger partial charge in [-0.2, -0.15) is 0 Å². The normalized spacial score (nSPS) is 10.7. The minimum absolute atomic E-state index is 0.0442. The van der Waals surface area contributed by atoms with Gasteiger partial charge in [0, 0.05) is 18.3 Å². The van der Waals surface area contributed by atoms with E-state index in [1.807, 2.05) is 0 Å². The minimum Gasteiger partial charge on any atom is -0.452 e. The highest BCUT2D eigenvalue weighted by Crippen LogP contribution is 2.22. The van der Waals surface area contributed by atoms with Gasteiger partial charge in [-0.1, -0.05) is 0 Å². The van der Waals surface area contributed by atoms with Gasteiger partial charge in [-0.15, -0.1) is 13.2 Å². The van der Waals surface area contributed by atoms with E-state index in [9.17, 15) is 27.6 Å². The van der Waals surface area contributed by atoms with E-state index in [4.69, 9.17) is 4.74 Å². The molecule has 0 heterocycles. The molecule has 0 unspecified atom stereocenters. The average molecular weight is 396 g/mol. The predicted octanol–water partition coefficient (Wildman–Crippen LogP) is 2.74. The van der Waals surface area contributed by atoms with E-state index < -0.39 is 30.6 Å². The second-order valence-corrected chi connectivity index (χ2v) is 5.35. The number of amides is 2. The number of benzene rings is 2. The van der Waals surface area contributed by atoms with Crippen LogP contribution < -0.4 is 15.4 Å². The number of alkyl halides is 3. The first-order valence-electron chi connectivity index (χ1n) is 7.83. The van der Waals surface area contributed by atoms with Gasteiger partial charge in [-0.25, -0.2) is 4.79 Å². The summed E-state index contributed by atoms with van der Waals surface area (Å²) in [6.07, 6.45) is -4.83. The molecule has 0 fully saturated rings. The van der Waals surface area contributed by atoms with Crippen LogP contribution in [0.2, 0.25) is 0 Å². The van der Waals surface area contributed by atoms with Crippen molar-refractivity contribution in [1.29, 1.82) is 0 Å². The van der Waals surface area contributed by atoms with Crippen LogP contribution in [0.15, 0.2) is 48.5 Å². The van der Waals surface area contributed by atoms with Crippen LogP contribution in [0.1, 0.15) is 20.7 Å². The first kappa shape index (κ1) is 20.7. The Bertz CT molecular complexity index is 849. The van der Waals surface area contributed by atoms with Gasteiger partial charge in [0.2, 0.25) is 0 Å². The highest BCUT2D eigenvalue weighted by Gasteiger charge is 2.31. The first-order chi connectivity index (χ1) is 13.2. The molecule has 0 aliphatic rings. The Labute approximate surface area is 157 Å². The SMILES string of the molecule is CNC(=O)c1ccc(NC(=O)COC(=O)c2ccc(OC(F)(F)F)cc2)cc1. The summed E-state index contributed by atoms with van der Waals surface area (Å²) >= 11 is 0. The summed E-state index contributed by atoms with van der Waals surface area (Å²) in [4.78, 5) is 35.1. The molecule has 2 N–H and O–H groups in total. The molecule has 2 aromatic rings. The molecule has 0 spiro atoms. The molecular formula is C18H15F3N2O5. The van der Waals surface area contributed by atoms with E-state index in [1.54, 1.807) is 0 Å². The number of ether oxygens (including phenoxy) is 2. The fourth-order valence-corrected chi connectivity index (χ4v) is 2.05. The molecule has 2 rings (SSSR count). The van der Waals surface area contributed by atoms with Crippen LogP contribution in [0.3, 0.4) is 0 Å². The molecule has 0 saturated heterocycles. The topological polar surface area (TPSA) is 93.7 Å². The maximum absolute atomic E-state index is 12.1.